The van der Waals surface area contributed by atoms with Gasteiger partial charge >= 0.3 is 0 Å². The van der Waals surface area contributed by atoms with Crippen molar-refractivity contribution >= 4 is 39.3 Å². The molecule has 2 atom stereocenters. The minimum Gasteiger partial charge on any atom is -0.370 e. The molecule has 2 aromatic carbocycles. The lowest BCUT2D eigenvalue weighted by Gasteiger charge is -2.30. The highest BCUT2D eigenvalue weighted by Gasteiger charge is 2.31. The molecule has 0 unspecified atom stereocenters. The second-order valence-electron chi connectivity index (χ2n) is 9.12. The van der Waals surface area contributed by atoms with E-state index in [1.807, 2.05) is 20.8 Å². The summed E-state index contributed by atoms with van der Waals surface area (Å²) < 4.78 is 5.89. The molecular formula is C29H32BrN3O5. The summed E-state index contributed by atoms with van der Waals surface area (Å²) in [5.74, 6) is 10.4. The largest absolute Gasteiger partial charge is 0.370 e. The van der Waals surface area contributed by atoms with Crippen molar-refractivity contribution in [3.05, 3.63) is 65.2 Å². The van der Waals surface area contributed by atoms with Crippen LogP contribution in [0.1, 0.15) is 56.1 Å². The van der Waals surface area contributed by atoms with Crippen LogP contribution >= 0.6 is 15.9 Å². The number of hydrogen-bond donors (Lipinski definition) is 3. The maximum absolute atomic E-state index is 12.9. The van der Waals surface area contributed by atoms with Gasteiger partial charge in [0.15, 0.2) is 0 Å². The molecule has 0 heterocycles. The lowest BCUT2D eigenvalue weighted by molar-refractivity contribution is -0.142. The third kappa shape index (κ3) is 10.8. The van der Waals surface area contributed by atoms with Gasteiger partial charge in [-0.1, -0.05) is 27.8 Å². The normalized spacial score (nSPS) is 12.1. The van der Waals surface area contributed by atoms with Crippen LogP contribution in [-0.4, -0.2) is 47.4 Å². The van der Waals surface area contributed by atoms with Crippen LogP contribution in [0.25, 0.3) is 0 Å². The first-order valence-electron chi connectivity index (χ1n) is 12.0. The first-order valence-corrected chi connectivity index (χ1v) is 13.1. The van der Waals surface area contributed by atoms with E-state index in [1.54, 1.807) is 62.4 Å². The standard InChI is InChI=1S/C29H32BrN3O5/c1-6-37-33-28(36)26(20(2)38-29(3,4)5)32-27(35)23-15-11-21(12-16-23)9-7-8-10-22-13-17-24(18-14-22)31-25(34)19-30/h11-18,20,26H,6,19H2,1-5H3,(H,31,34)(H,32,35)(H,33,36)/t20-,26+/m1/s1. The van der Waals surface area contributed by atoms with E-state index in [1.165, 1.54) is 0 Å². The fourth-order valence-electron chi connectivity index (χ4n) is 3.20. The highest BCUT2D eigenvalue weighted by atomic mass is 79.9. The topological polar surface area (TPSA) is 106 Å². The summed E-state index contributed by atoms with van der Waals surface area (Å²) in [6.45, 7) is 9.37. The number of carbonyl (C=O) groups is 3. The van der Waals surface area contributed by atoms with Crippen LogP contribution in [0.2, 0.25) is 0 Å². The molecule has 3 amide bonds. The van der Waals surface area contributed by atoms with Gasteiger partial charge in [0.2, 0.25) is 5.91 Å². The van der Waals surface area contributed by atoms with E-state index in [2.05, 4.69) is 55.7 Å². The quantitative estimate of drug-likeness (QED) is 0.237. The zero-order chi connectivity index (χ0) is 28.1. The third-order valence-electron chi connectivity index (χ3n) is 4.81. The lowest BCUT2D eigenvalue weighted by Crippen LogP contribution is -2.54. The zero-order valence-electron chi connectivity index (χ0n) is 22.1. The van der Waals surface area contributed by atoms with Crippen LogP contribution < -0.4 is 16.1 Å². The van der Waals surface area contributed by atoms with E-state index in [0.29, 0.717) is 16.8 Å². The molecule has 9 heteroatoms. The van der Waals surface area contributed by atoms with E-state index in [-0.39, 0.29) is 17.8 Å². The fraction of sp³-hybridized carbons (Fsp3) is 0.345. The third-order valence-corrected chi connectivity index (χ3v) is 5.32. The molecular weight excluding hydrogens is 550 g/mol. The van der Waals surface area contributed by atoms with Gasteiger partial charge in [-0.3, -0.25) is 19.2 Å². The van der Waals surface area contributed by atoms with Gasteiger partial charge in [0.1, 0.15) is 6.04 Å². The van der Waals surface area contributed by atoms with E-state index in [4.69, 9.17) is 9.57 Å². The zero-order valence-corrected chi connectivity index (χ0v) is 23.7. The van der Waals surface area contributed by atoms with E-state index >= 15 is 0 Å². The van der Waals surface area contributed by atoms with Crippen molar-refractivity contribution in [3.63, 3.8) is 0 Å². The van der Waals surface area contributed by atoms with Crippen LogP contribution in [0.4, 0.5) is 5.69 Å². The first kappa shape index (κ1) is 30.6. The summed E-state index contributed by atoms with van der Waals surface area (Å²) in [7, 11) is 0. The number of halogens is 1. The van der Waals surface area contributed by atoms with Gasteiger partial charge in [-0.25, -0.2) is 5.48 Å². The number of hydrogen-bond acceptors (Lipinski definition) is 5. The maximum atomic E-state index is 12.9. The van der Waals surface area contributed by atoms with Gasteiger partial charge in [0.05, 0.1) is 23.6 Å². The lowest BCUT2D eigenvalue weighted by atomic mass is 10.1. The number of carbonyl (C=O) groups excluding carboxylic acids is 3. The van der Waals surface area contributed by atoms with Gasteiger partial charge in [-0.05, 0) is 95.0 Å². The molecule has 0 saturated carbocycles. The van der Waals surface area contributed by atoms with Crippen molar-refractivity contribution in [2.45, 2.75) is 52.4 Å². The van der Waals surface area contributed by atoms with Gasteiger partial charge in [0.25, 0.3) is 11.8 Å². The molecule has 0 aromatic heterocycles. The van der Waals surface area contributed by atoms with E-state index in [9.17, 15) is 14.4 Å². The van der Waals surface area contributed by atoms with Crippen LogP contribution in [0.3, 0.4) is 0 Å². The Morgan fingerprint density at radius 2 is 1.50 bits per heavy atom. The Balaban J connectivity index is 2.04. The van der Waals surface area contributed by atoms with Gasteiger partial charge in [0, 0.05) is 22.4 Å². The predicted molar refractivity (Wildman–Crippen MR) is 150 cm³/mol. The predicted octanol–water partition coefficient (Wildman–Crippen LogP) is 3.79. The molecule has 2 aromatic rings. The van der Waals surface area contributed by atoms with Crippen molar-refractivity contribution < 1.29 is 24.0 Å². The summed E-state index contributed by atoms with van der Waals surface area (Å²) in [6, 6.07) is 12.8. The molecule has 0 aliphatic rings. The van der Waals surface area contributed by atoms with E-state index in [0.717, 1.165) is 5.56 Å². The second kappa shape index (κ2) is 14.9. The maximum Gasteiger partial charge on any atom is 0.268 e. The van der Waals surface area contributed by atoms with Crippen LogP contribution in [0, 0.1) is 23.7 Å². The summed E-state index contributed by atoms with van der Waals surface area (Å²) >= 11 is 3.10. The summed E-state index contributed by atoms with van der Waals surface area (Å²) in [5, 5.41) is 5.70. The van der Waals surface area contributed by atoms with Crippen molar-refractivity contribution in [2.24, 2.45) is 0 Å². The number of amides is 3. The van der Waals surface area contributed by atoms with Crippen molar-refractivity contribution in [1.82, 2.24) is 10.8 Å². The molecule has 0 saturated heterocycles. The SMILES string of the molecule is CCONC(=O)[C@@H](NC(=O)c1ccc(C#CC#Cc2ccc(NC(=O)CBr)cc2)cc1)[C@@H](C)OC(C)(C)C. The molecule has 0 bridgehead atoms. The summed E-state index contributed by atoms with van der Waals surface area (Å²) in [5.41, 5.74) is 4.32. The number of benzene rings is 2. The molecule has 2 rings (SSSR count). The number of ether oxygens (including phenoxy) is 1. The molecule has 0 spiro atoms. The van der Waals surface area contributed by atoms with Gasteiger partial charge < -0.3 is 15.4 Å². The summed E-state index contributed by atoms with van der Waals surface area (Å²) in [6.07, 6.45) is -0.604. The Morgan fingerprint density at radius 1 is 0.947 bits per heavy atom. The number of hydroxylamine groups is 1. The summed E-state index contributed by atoms with van der Waals surface area (Å²) in [4.78, 5) is 41.9. The van der Waals surface area contributed by atoms with Crippen molar-refractivity contribution in [3.8, 4) is 23.7 Å². The monoisotopic (exact) mass is 581 g/mol. The molecule has 3 N–H and O–H groups in total. The highest BCUT2D eigenvalue weighted by Crippen LogP contribution is 2.14. The molecule has 8 nitrogen and oxygen atoms in total. The van der Waals surface area contributed by atoms with Crippen LogP contribution in [0.15, 0.2) is 48.5 Å². The molecule has 38 heavy (non-hydrogen) atoms. The Hall–Kier alpha value is -3.63. The number of nitrogens with one attached hydrogen (secondary N) is 3. The number of anilines is 1. The molecule has 200 valence electrons. The first-order chi connectivity index (χ1) is 18.0. The van der Waals surface area contributed by atoms with E-state index < -0.39 is 29.6 Å². The molecule has 0 aliphatic carbocycles. The van der Waals surface area contributed by atoms with Crippen LogP contribution in [0.5, 0.6) is 0 Å². The Kier molecular flexibility index (Phi) is 12.0. The number of rotatable bonds is 9. The molecule has 0 aliphatic heterocycles. The van der Waals surface area contributed by atoms with Crippen molar-refractivity contribution in [2.75, 3.05) is 17.3 Å². The average Bonchev–Trinajstić information content (AvgIpc) is 2.88. The second-order valence-corrected chi connectivity index (χ2v) is 9.68. The molecule has 0 fully saturated rings. The highest BCUT2D eigenvalue weighted by molar-refractivity contribution is 9.09. The smallest absolute Gasteiger partial charge is 0.268 e. The Labute approximate surface area is 232 Å². The average molecular weight is 582 g/mol. The minimum absolute atomic E-state index is 0.130. The fourth-order valence-corrected chi connectivity index (χ4v) is 3.34. The van der Waals surface area contributed by atoms with Crippen molar-refractivity contribution in [1.29, 1.82) is 0 Å². The van der Waals surface area contributed by atoms with Gasteiger partial charge in [-0.15, -0.1) is 0 Å². The number of alkyl halides is 1. The molecule has 0 radical (unpaired) electrons. The minimum atomic E-state index is -0.960. The Morgan fingerprint density at radius 3 is 2.00 bits per heavy atom. The Bertz CT molecular complexity index is 1230. The van der Waals surface area contributed by atoms with Gasteiger partial charge in [-0.2, -0.15) is 0 Å². The van der Waals surface area contributed by atoms with Crippen LogP contribution in [-0.2, 0) is 19.2 Å².